The predicted molar refractivity (Wildman–Crippen MR) is 99.5 cm³/mol. The summed E-state index contributed by atoms with van der Waals surface area (Å²) in [6.07, 6.45) is 3.20. The fourth-order valence-electron chi connectivity index (χ4n) is 2.89. The Morgan fingerprint density at radius 1 is 1.36 bits per heavy atom. The Balaban J connectivity index is 1.94. The van der Waals surface area contributed by atoms with Crippen LogP contribution in [-0.4, -0.2) is 46.4 Å². The Labute approximate surface area is 154 Å². The van der Waals surface area contributed by atoms with Crippen molar-refractivity contribution in [3.63, 3.8) is 0 Å². The smallest absolute Gasteiger partial charge is 0.237 e. The van der Waals surface area contributed by atoms with Gasteiger partial charge in [0.1, 0.15) is 5.82 Å². The molecule has 1 saturated heterocycles. The molecule has 0 radical (unpaired) electrons. The highest BCUT2D eigenvalue weighted by molar-refractivity contribution is 6.30. The van der Waals surface area contributed by atoms with Crippen LogP contribution in [0.3, 0.4) is 0 Å². The molecule has 0 aliphatic carbocycles. The van der Waals surface area contributed by atoms with Crippen LogP contribution in [0.5, 0.6) is 0 Å². The number of amides is 2. The summed E-state index contributed by atoms with van der Waals surface area (Å²) >= 11 is 5.81. The molecular weight excluding hydrogens is 340 g/mol. The number of pyridine rings is 1. The monoisotopic (exact) mass is 366 g/mol. The van der Waals surface area contributed by atoms with Crippen LogP contribution in [0.4, 0.5) is 5.82 Å². The fraction of sp³-hybridized carbons (Fsp3) is 0.611. The van der Waals surface area contributed by atoms with Crippen LogP contribution < -0.4 is 10.6 Å². The maximum atomic E-state index is 12.5. The van der Waals surface area contributed by atoms with Crippen LogP contribution >= 0.6 is 11.6 Å². The largest absolute Gasteiger partial charge is 0.350 e. The number of rotatable bonds is 4. The summed E-state index contributed by atoms with van der Waals surface area (Å²) in [4.78, 5) is 31.1. The molecule has 0 bridgehead atoms. The first-order chi connectivity index (χ1) is 11.7. The van der Waals surface area contributed by atoms with Crippen LogP contribution in [0.2, 0.25) is 5.02 Å². The molecule has 6 nitrogen and oxygen atoms in total. The number of aromatic nitrogens is 1. The molecule has 2 N–H and O–H groups in total. The Morgan fingerprint density at radius 2 is 2.08 bits per heavy atom. The summed E-state index contributed by atoms with van der Waals surface area (Å²) in [5.74, 6) is 0.261. The van der Waals surface area contributed by atoms with E-state index in [1.807, 2.05) is 27.7 Å². The standard InChI is InChI=1S/C18H27ClN4O2/c1-12(16(24)22-18(2,3)4)23-9-5-6-13(11-23)17(25)21-15-8-7-14(19)10-20-15/h7-8,10,12-13H,5-6,9,11H2,1-4H3,(H,22,24)(H,20,21,25). The molecule has 2 unspecified atom stereocenters. The molecule has 1 aromatic heterocycles. The Kier molecular flexibility index (Phi) is 6.41. The lowest BCUT2D eigenvalue weighted by molar-refractivity contribution is -0.130. The second kappa shape index (κ2) is 8.15. The van der Waals surface area contributed by atoms with Crippen LogP contribution in [0.1, 0.15) is 40.5 Å². The van der Waals surface area contributed by atoms with E-state index in [9.17, 15) is 9.59 Å². The number of piperidine rings is 1. The van der Waals surface area contributed by atoms with Crippen molar-refractivity contribution >= 4 is 29.2 Å². The molecule has 2 heterocycles. The molecule has 1 fully saturated rings. The Hall–Kier alpha value is -1.66. The van der Waals surface area contributed by atoms with Gasteiger partial charge in [-0.15, -0.1) is 0 Å². The van der Waals surface area contributed by atoms with E-state index in [2.05, 4.69) is 20.5 Å². The van der Waals surface area contributed by atoms with E-state index in [1.54, 1.807) is 12.1 Å². The maximum absolute atomic E-state index is 12.5. The van der Waals surface area contributed by atoms with Crippen molar-refractivity contribution in [2.45, 2.75) is 52.1 Å². The minimum absolute atomic E-state index is 0.00655. The topological polar surface area (TPSA) is 74.3 Å². The molecule has 1 aliphatic heterocycles. The summed E-state index contributed by atoms with van der Waals surface area (Å²) in [6, 6.07) is 3.11. The minimum atomic E-state index is -0.266. The molecule has 0 spiro atoms. The molecule has 2 amide bonds. The van der Waals surface area contributed by atoms with Gasteiger partial charge in [0.05, 0.1) is 17.0 Å². The predicted octanol–water partition coefficient (Wildman–Crippen LogP) is 2.69. The quantitative estimate of drug-likeness (QED) is 0.859. The Morgan fingerprint density at radius 3 is 2.68 bits per heavy atom. The van der Waals surface area contributed by atoms with Gasteiger partial charge in [-0.05, 0) is 59.2 Å². The molecule has 0 saturated carbocycles. The van der Waals surface area contributed by atoms with E-state index in [1.165, 1.54) is 6.20 Å². The second-order valence-corrected chi connectivity index (χ2v) is 8.04. The van der Waals surface area contributed by atoms with E-state index in [4.69, 9.17) is 11.6 Å². The lowest BCUT2D eigenvalue weighted by Gasteiger charge is -2.36. The Bertz CT molecular complexity index is 612. The summed E-state index contributed by atoms with van der Waals surface area (Å²) in [6.45, 7) is 9.16. The average Bonchev–Trinajstić information content (AvgIpc) is 2.54. The summed E-state index contributed by atoms with van der Waals surface area (Å²) in [5, 5.41) is 6.36. The number of likely N-dealkylation sites (tertiary alicyclic amines) is 1. The molecule has 2 rings (SSSR count). The number of anilines is 1. The van der Waals surface area contributed by atoms with Gasteiger partial charge in [-0.25, -0.2) is 4.98 Å². The van der Waals surface area contributed by atoms with Crippen LogP contribution in [-0.2, 0) is 9.59 Å². The summed E-state index contributed by atoms with van der Waals surface area (Å²) < 4.78 is 0. The van der Waals surface area contributed by atoms with E-state index >= 15 is 0 Å². The molecule has 1 aromatic rings. The highest BCUT2D eigenvalue weighted by atomic mass is 35.5. The van der Waals surface area contributed by atoms with Crippen LogP contribution in [0, 0.1) is 5.92 Å². The fourth-order valence-corrected chi connectivity index (χ4v) is 3.00. The van der Waals surface area contributed by atoms with Gasteiger partial charge in [0, 0.05) is 18.3 Å². The maximum Gasteiger partial charge on any atom is 0.237 e. The number of carbonyl (C=O) groups is 2. The van der Waals surface area contributed by atoms with Crippen molar-refractivity contribution in [2.75, 3.05) is 18.4 Å². The van der Waals surface area contributed by atoms with Gasteiger partial charge in [-0.2, -0.15) is 0 Å². The molecular formula is C18H27ClN4O2. The third-order valence-electron chi connectivity index (χ3n) is 4.23. The van der Waals surface area contributed by atoms with Crippen molar-refractivity contribution in [2.24, 2.45) is 5.92 Å². The van der Waals surface area contributed by atoms with E-state index in [0.717, 1.165) is 19.4 Å². The summed E-state index contributed by atoms with van der Waals surface area (Å²) in [5.41, 5.74) is -0.266. The van der Waals surface area contributed by atoms with Gasteiger partial charge in [-0.1, -0.05) is 11.6 Å². The molecule has 7 heteroatoms. The normalized spacial score (nSPS) is 20.0. The third-order valence-corrected chi connectivity index (χ3v) is 4.45. The van der Waals surface area contributed by atoms with Gasteiger partial charge >= 0.3 is 0 Å². The molecule has 25 heavy (non-hydrogen) atoms. The van der Waals surface area contributed by atoms with Crippen LogP contribution in [0.25, 0.3) is 0 Å². The van der Waals surface area contributed by atoms with E-state index < -0.39 is 0 Å². The van der Waals surface area contributed by atoms with Crippen molar-refractivity contribution < 1.29 is 9.59 Å². The van der Waals surface area contributed by atoms with Crippen molar-refractivity contribution in [1.29, 1.82) is 0 Å². The number of hydrogen-bond donors (Lipinski definition) is 2. The van der Waals surface area contributed by atoms with Gasteiger partial charge in [0.25, 0.3) is 0 Å². The van der Waals surface area contributed by atoms with Gasteiger partial charge in [-0.3, -0.25) is 14.5 Å². The first-order valence-electron chi connectivity index (χ1n) is 8.64. The van der Waals surface area contributed by atoms with Gasteiger partial charge in [0.15, 0.2) is 0 Å². The number of halogens is 1. The zero-order valence-corrected chi connectivity index (χ0v) is 16.1. The SMILES string of the molecule is CC(C(=O)NC(C)(C)C)N1CCCC(C(=O)Nc2ccc(Cl)cn2)C1. The van der Waals surface area contributed by atoms with E-state index in [0.29, 0.717) is 17.4 Å². The lowest BCUT2D eigenvalue weighted by Crippen LogP contribution is -2.54. The number of nitrogens with zero attached hydrogens (tertiary/aromatic N) is 2. The summed E-state index contributed by atoms with van der Waals surface area (Å²) in [7, 11) is 0. The van der Waals surface area contributed by atoms with Crippen LogP contribution in [0.15, 0.2) is 18.3 Å². The van der Waals surface area contributed by atoms with Gasteiger partial charge < -0.3 is 10.6 Å². The first kappa shape index (κ1) is 19.7. The first-order valence-corrected chi connectivity index (χ1v) is 9.02. The zero-order chi connectivity index (χ0) is 18.6. The highest BCUT2D eigenvalue weighted by Gasteiger charge is 2.32. The van der Waals surface area contributed by atoms with Crippen molar-refractivity contribution in [3.05, 3.63) is 23.4 Å². The third kappa shape index (κ3) is 5.97. The number of carbonyl (C=O) groups excluding carboxylic acids is 2. The molecule has 2 atom stereocenters. The minimum Gasteiger partial charge on any atom is -0.350 e. The highest BCUT2D eigenvalue weighted by Crippen LogP contribution is 2.21. The molecule has 0 aromatic carbocycles. The van der Waals surface area contributed by atoms with Gasteiger partial charge in [0.2, 0.25) is 11.8 Å². The lowest BCUT2D eigenvalue weighted by atomic mass is 9.95. The number of nitrogens with one attached hydrogen (secondary N) is 2. The molecule has 138 valence electrons. The van der Waals surface area contributed by atoms with Crippen molar-refractivity contribution in [3.8, 4) is 0 Å². The molecule has 1 aliphatic rings. The number of hydrogen-bond acceptors (Lipinski definition) is 4. The second-order valence-electron chi connectivity index (χ2n) is 7.60. The zero-order valence-electron chi connectivity index (χ0n) is 15.3. The van der Waals surface area contributed by atoms with Crippen molar-refractivity contribution in [1.82, 2.24) is 15.2 Å². The van der Waals surface area contributed by atoms with E-state index in [-0.39, 0.29) is 29.3 Å². The average molecular weight is 367 g/mol.